The Bertz CT molecular complexity index is 773. The molecular formula is C25H33N3O. The molecule has 0 atom stereocenters. The molecule has 0 radical (unpaired) electrons. The van der Waals surface area contributed by atoms with Crippen LogP contribution in [0.5, 0.6) is 0 Å². The number of rotatable bonds is 7. The summed E-state index contributed by atoms with van der Waals surface area (Å²) >= 11 is 0. The van der Waals surface area contributed by atoms with Gasteiger partial charge in [0.2, 0.25) is 5.91 Å². The molecule has 2 heterocycles. The maximum atomic E-state index is 12.2. The zero-order valence-corrected chi connectivity index (χ0v) is 17.4. The Hall–Kier alpha value is -2.36. The van der Waals surface area contributed by atoms with Crippen LogP contribution in [0.4, 0.5) is 5.69 Å². The molecular weight excluding hydrogens is 358 g/mol. The van der Waals surface area contributed by atoms with Crippen molar-refractivity contribution in [2.75, 3.05) is 24.5 Å². The van der Waals surface area contributed by atoms with Gasteiger partial charge in [-0.3, -0.25) is 9.78 Å². The highest BCUT2D eigenvalue weighted by Crippen LogP contribution is 2.27. The average Bonchev–Trinajstić information content (AvgIpc) is 3.29. The maximum absolute atomic E-state index is 12.2. The summed E-state index contributed by atoms with van der Waals surface area (Å²) in [6.45, 7) is 3.13. The topological polar surface area (TPSA) is 45.2 Å². The van der Waals surface area contributed by atoms with Gasteiger partial charge in [0.05, 0.1) is 6.42 Å². The molecule has 1 aliphatic carbocycles. The van der Waals surface area contributed by atoms with Crippen molar-refractivity contribution in [3.05, 3.63) is 48.3 Å². The number of hydrogen-bond donors (Lipinski definition) is 1. The second kappa shape index (κ2) is 9.91. The predicted molar refractivity (Wildman–Crippen MR) is 119 cm³/mol. The SMILES string of the molecule is O=C(Cc1ccc(-c2ccc(N3CCCCC3)cc2)cn1)NCCC1CCCC1. The molecule has 29 heavy (non-hydrogen) atoms. The second-order valence-electron chi connectivity index (χ2n) is 8.60. The van der Waals surface area contributed by atoms with E-state index in [1.165, 1.54) is 56.2 Å². The summed E-state index contributed by atoms with van der Waals surface area (Å²) in [6.07, 6.45) is 12.7. The van der Waals surface area contributed by atoms with Crippen molar-refractivity contribution in [1.82, 2.24) is 10.3 Å². The first-order chi connectivity index (χ1) is 14.3. The zero-order chi connectivity index (χ0) is 19.9. The quantitative estimate of drug-likeness (QED) is 0.724. The number of nitrogens with zero attached hydrogens (tertiary/aromatic N) is 2. The van der Waals surface area contributed by atoms with Crippen LogP contribution in [0.3, 0.4) is 0 Å². The van der Waals surface area contributed by atoms with E-state index in [0.717, 1.165) is 43.2 Å². The summed E-state index contributed by atoms with van der Waals surface area (Å²) in [4.78, 5) is 19.2. The minimum absolute atomic E-state index is 0.0779. The van der Waals surface area contributed by atoms with Gasteiger partial charge in [-0.25, -0.2) is 0 Å². The normalized spacial score (nSPS) is 17.4. The van der Waals surface area contributed by atoms with Crippen LogP contribution in [0.2, 0.25) is 0 Å². The first-order valence-electron chi connectivity index (χ1n) is 11.3. The lowest BCUT2D eigenvalue weighted by molar-refractivity contribution is -0.120. The minimum Gasteiger partial charge on any atom is -0.372 e. The smallest absolute Gasteiger partial charge is 0.226 e. The van der Waals surface area contributed by atoms with Crippen molar-refractivity contribution < 1.29 is 4.79 Å². The summed E-state index contributed by atoms with van der Waals surface area (Å²) < 4.78 is 0. The lowest BCUT2D eigenvalue weighted by Crippen LogP contribution is -2.29. The number of hydrogen-bond acceptors (Lipinski definition) is 3. The van der Waals surface area contributed by atoms with Crippen molar-refractivity contribution in [2.24, 2.45) is 5.92 Å². The molecule has 0 unspecified atom stereocenters. The largest absolute Gasteiger partial charge is 0.372 e. The molecule has 0 spiro atoms. The van der Waals surface area contributed by atoms with E-state index in [1.54, 1.807) is 0 Å². The minimum atomic E-state index is 0.0779. The molecule has 0 bridgehead atoms. The van der Waals surface area contributed by atoms with Crippen LogP contribution in [0.25, 0.3) is 11.1 Å². The van der Waals surface area contributed by atoms with Crippen LogP contribution >= 0.6 is 0 Å². The average molecular weight is 392 g/mol. The molecule has 1 saturated carbocycles. The number of aromatic nitrogens is 1. The first-order valence-corrected chi connectivity index (χ1v) is 11.3. The fraction of sp³-hybridized carbons (Fsp3) is 0.520. The highest BCUT2D eigenvalue weighted by Gasteiger charge is 2.15. The molecule has 4 nitrogen and oxygen atoms in total. The van der Waals surface area contributed by atoms with Crippen molar-refractivity contribution in [2.45, 2.75) is 57.8 Å². The van der Waals surface area contributed by atoms with Crippen LogP contribution < -0.4 is 10.2 Å². The van der Waals surface area contributed by atoms with Crippen molar-refractivity contribution >= 4 is 11.6 Å². The lowest BCUT2D eigenvalue weighted by Gasteiger charge is -2.28. The summed E-state index contributed by atoms with van der Waals surface area (Å²) in [5.74, 6) is 0.892. The van der Waals surface area contributed by atoms with E-state index in [4.69, 9.17) is 0 Å². The highest BCUT2D eigenvalue weighted by molar-refractivity contribution is 5.78. The van der Waals surface area contributed by atoms with Crippen molar-refractivity contribution in [1.29, 1.82) is 0 Å². The molecule has 2 fully saturated rings. The molecule has 4 rings (SSSR count). The highest BCUT2D eigenvalue weighted by atomic mass is 16.1. The molecule has 1 aromatic heterocycles. The van der Waals surface area contributed by atoms with Gasteiger partial charge in [0.15, 0.2) is 0 Å². The Kier molecular flexibility index (Phi) is 6.81. The van der Waals surface area contributed by atoms with Gasteiger partial charge in [0.25, 0.3) is 0 Å². The zero-order valence-electron chi connectivity index (χ0n) is 17.4. The second-order valence-corrected chi connectivity index (χ2v) is 8.60. The van der Waals surface area contributed by atoms with Gasteiger partial charge in [-0.1, -0.05) is 43.9 Å². The third kappa shape index (κ3) is 5.59. The van der Waals surface area contributed by atoms with Crippen LogP contribution in [0.1, 0.15) is 57.1 Å². The molecule has 1 amide bonds. The Morgan fingerprint density at radius 2 is 1.66 bits per heavy atom. The molecule has 1 N–H and O–H groups in total. The maximum Gasteiger partial charge on any atom is 0.226 e. The van der Waals surface area contributed by atoms with Crippen molar-refractivity contribution in [3.8, 4) is 11.1 Å². The monoisotopic (exact) mass is 391 g/mol. The van der Waals surface area contributed by atoms with Gasteiger partial charge >= 0.3 is 0 Å². The van der Waals surface area contributed by atoms with E-state index >= 15 is 0 Å². The number of carbonyl (C=O) groups is 1. The molecule has 4 heteroatoms. The number of nitrogens with one attached hydrogen (secondary N) is 1. The van der Waals surface area contributed by atoms with Crippen LogP contribution in [0, 0.1) is 5.92 Å². The number of amides is 1. The van der Waals surface area contributed by atoms with E-state index in [-0.39, 0.29) is 5.91 Å². The van der Waals surface area contributed by atoms with Gasteiger partial charge in [-0.05, 0) is 55.4 Å². The summed E-state index contributed by atoms with van der Waals surface area (Å²) in [5, 5.41) is 3.06. The molecule has 1 saturated heterocycles. The van der Waals surface area contributed by atoms with Crippen molar-refractivity contribution in [3.63, 3.8) is 0 Å². The van der Waals surface area contributed by atoms with Gasteiger partial charge in [-0.15, -0.1) is 0 Å². The van der Waals surface area contributed by atoms with Gasteiger partial charge in [0, 0.05) is 42.8 Å². The number of benzene rings is 1. The number of carbonyl (C=O) groups excluding carboxylic acids is 1. The summed E-state index contributed by atoms with van der Waals surface area (Å²) in [6, 6.07) is 12.8. The lowest BCUT2D eigenvalue weighted by atomic mass is 10.0. The molecule has 1 aliphatic heterocycles. The molecule has 154 valence electrons. The van der Waals surface area contributed by atoms with E-state index in [2.05, 4.69) is 45.5 Å². The fourth-order valence-corrected chi connectivity index (χ4v) is 4.66. The Morgan fingerprint density at radius 1 is 0.931 bits per heavy atom. The van der Waals surface area contributed by atoms with Gasteiger partial charge in [0.1, 0.15) is 0 Å². The molecule has 2 aliphatic rings. The van der Waals surface area contributed by atoms with Gasteiger partial charge < -0.3 is 10.2 Å². The Morgan fingerprint density at radius 3 is 2.34 bits per heavy atom. The summed E-state index contributed by atoms with van der Waals surface area (Å²) in [5.41, 5.74) is 4.41. The van der Waals surface area contributed by atoms with E-state index in [9.17, 15) is 4.79 Å². The van der Waals surface area contributed by atoms with Gasteiger partial charge in [-0.2, -0.15) is 0 Å². The standard InChI is InChI=1S/C25H33N3O/c29-25(26-15-14-20-6-2-3-7-20)18-23-11-8-22(19-27-23)21-9-12-24(13-10-21)28-16-4-1-5-17-28/h8-13,19-20H,1-7,14-18H2,(H,26,29). The predicted octanol–water partition coefficient (Wildman–Crippen LogP) is 4.98. The third-order valence-electron chi connectivity index (χ3n) is 6.44. The number of pyridine rings is 1. The molecule has 2 aromatic rings. The third-order valence-corrected chi connectivity index (χ3v) is 6.44. The fourth-order valence-electron chi connectivity index (χ4n) is 4.66. The number of anilines is 1. The summed E-state index contributed by atoms with van der Waals surface area (Å²) in [7, 11) is 0. The van der Waals surface area contributed by atoms with Crippen LogP contribution in [-0.4, -0.2) is 30.5 Å². The Balaban J connectivity index is 1.27. The van der Waals surface area contributed by atoms with Crippen LogP contribution in [0.15, 0.2) is 42.6 Å². The van der Waals surface area contributed by atoms with E-state index in [1.807, 2.05) is 12.3 Å². The van der Waals surface area contributed by atoms with E-state index < -0.39 is 0 Å². The number of piperidine rings is 1. The van der Waals surface area contributed by atoms with Crippen LogP contribution in [-0.2, 0) is 11.2 Å². The first kappa shape index (κ1) is 19.9. The Labute approximate surface area is 174 Å². The molecule has 1 aromatic carbocycles. The van der Waals surface area contributed by atoms with E-state index in [0.29, 0.717) is 6.42 Å².